The van der Waals surface area contributed by atoms with Gasteiger partial charge in [0.2, 0.25) is 11.8 Å². The number of ether oxygens (including phenoxy) is 2. The van der Waals surface area contributed by atoms with Crippen LogP contribution in [-0.4, -0.2) is 54.1 Å². The van der Waals surface area contributed by atoms with Crippen LogP contribution in [0.25, 0.3) is 11.5 Å². The molecule has 0 saturated heterocycles. The van der Waals surface area contributed by atoms with Crippen molar-refractivity contribution in [3.05, 3.63) is 53.9 Å². The molecule has 1 unspecified atom stereocenters. The third-order valence-electron chi connectivity index (χ3n) is 6.72. The smallest absolute Gasteiger partial charge is 0.408 e. The number of nitrogens with one attached hydrogen (secondary N) is 1. The molecule has 232 valence electrons. The van der Waals surface area contributed by atoms with Crippen molar-refractivity contribution >= 4 is 27.5 Å². The number of amides is 2. The number of sulfone groups is 1. The van der Waals surface area contributed by atoms with Crippen LogP contribution >= 0.6 is 0 Å². The zero-order valence-electron chi connectivity index (χ0n) is 25.9. The lowest BCUT2D eigenvalue weighted by atomic mass is 9.97. The van der Waals surface area contributed by atoms with E-state index < -0.39 is 44.6 Å². The molecule has 0 spiro atoms. The average molecular weight is 613 g/mol. The van der Waals surface area contributed by atoms with E-state index in [4.69, 9.17) is 13.9 Å². The predicted molar refractivity (Wildman–Crippen MR) is 162 cm³/mol. The normalized spacial score (nSPS) is 17.5. The molecule has 0 aliphatic carbocycles. The van der Waals surface area contributed by atoms with Gasteiger partial charge in [0, 0.05) is 11.0 Å². The first kappa shape index (κ1) is 32.0. The van der Waals surface area contributed by atoms with E-state index >= 15 is 0 Å². The Balaban J connectivity index is 1.77. The molecular formula is C31H40N4O7S. The quantitative estimate of drug-likeness (QED) is 0.370. The highest BCUT2D eigenvalue weighted by Crippen LogP contribution is 2.36. The van der Waals surface area contributed by atoms with Gasteiger partial charge in [-0.05, 0) is 70.0 Å². The summed E-state index contributed by atoms with van der Waals surface area (Å²) in [6.07, 6.45) is -0.00231. The fraction of sp³-hybridized carbons (Fsp3) is 0.484. The van der Waals surface area contributed by atoms with Gasteiger partial charge in [-0.15, -0.1) is 10.2 Å². The summed E-state index contributed by atoms with van der Waals surface area (Å²) in [5.41, 5.74) is 0.0816. The summed E-state index contributed by atoms with van der Waals surface area (Å²) in [5, 5.41) is 10.8. The molecule has 12 heteroatoms. The van der Waals surface area contributed by atoms with Crippen LogP contribution in [0.4, 0.5) is 10.5 Å². The zero-order chi connectivity index (χ0) is 31.7. The van der Waals surface area contributed by atoms with Crippen molar-refractivity contribution in [1.29, 1.82) is 0 Å². The first-order valence-electron chi connectivity index (χ1n) is 14.2. The fourth-order valence-corrected chi connectivity index (χ4v) is 5.95. The largest absolute Gasteiger partial charge is 0.491 e. The van der Waals surface area contributed by atoms with Crippen LogP contribution in [0.1, 0.15) is 73.3 Å². The molecule has 3 aromatic rings. The van der Waals surface area contributed by atoms with Crippen molar-refractivity contribution in [2.24, 2.45) is 0 Å². The van der Waals surface area contributed by atoms with Gasteiger partial charge in [0.25, 0.3) is 5.91 Å². The minimum absolute atomic E-state index is 0.0258. The van der Waals surface area contributed by atoms with Gasteiger partial charge in [0.1, 0.15) is 17.4 Å². The van der Waals surface area contributed by atoms with Crippen LogP contribution in [0.5, 0.6) is 5.75 Å². The SMILES string of the molecule is CCC(C)Oc1ccc(CN2C(=O)[C@@H](NC(=O)OC(C)(C)C)CS(=O)(=O)c3ccc(-c4nnc(C(C)(C)C)o4)cc32)cc1. The zero-order valence-corrected chi connectivity index (χ0v) is 26.7. The number of anilines is 1. The molecular weight excluding hydrogens is 572 g/mol. The first-order chi connectivity index (χ1) is 20.0. The highest BCUT2D eigenvalue weighted by molar-refractivity contribution is 7.91. The fourth-order valence-electron chi connectivity index (χ4n) is 4.34. The third kappa shape index (κ3) is 7.73. The molecule has 2 amide bonds. The van der Waals surface area contributed by atoms with Gasteiger partial charge in [-0.25, -0.2) is 13.2 Å². The van der Waals surface area contributed by atoms with E-state index in [-0.39, 0.29) is 29.1 Å². The Morgan fingerprint density at radius 1 is 1.09 bits per heavy atom. The minimum Gasteiger partial charge on any atom is -0.491 e. The van der Waals surface area contributed by atoms with E-state index in [1.807, 2.05) is 46.8 Å². The van der Waals surface area contributed by atoms with Crippen molar-refractivity contribution in [3.63, 3.8) is 0 Å². The summed E-state index contributed by atoms with van der Waals surface area (Å²) in [6.45, 7) is 14.9. The summed E-state index contributed by atoms with van der Waals surface area (Å²) in [4.78, 5) is 28.0. The molecule has 0 radical (unpaired) electrons. The number of carbonyl (C=O) groups excluding carboxylic acids is 2. The lowest BCUT2D eigenvalue weighted by Gasteiger charge is -2.27. The summed E-state index contributed by atoms with van der Waals surface area (Å²) in [6, 6.07) is 10.4. The Morgan fingerprint density at radius 2 is 1.77 bits per heavy atom. The van der Waals surface area contributed by atoms with Gasteiger partial charge in [-0.2, -0.15) is 0 Å². The Labute approximate surface area is 252 Å². The van der Waals surface area contributed by atoms with Gasteiger partial charge >= 0.3 is 6.09 Å². The Morgan fingerprint density at radius 3 is 2.35 bits per heavy atom. The van der Waals surface area contributed by atoms with Crippen molar-refractivity contribution in [2.75, 3.05) is 10.7 Å². The molecule has 1 N–H and O–H groups in total. The number of rotatable bonds is 7. The molecule has 11 nitrogen and oxygen atoms in total. The second-order valence-electron chi connectivity index (χ2n) is 12.7. The molecule has 2 atom stereocenters. The van der Waals surface area contributed by atoms with E-state index in [2.05, 4.69) is 15.5 Å². The molecule has 2 heterocycles. The average Bonchev–Trinajstić information content (AvgIpc) is 3.39. The second-order valence-corrected chi connectivity index (χ2v) is 14.7. The number of hydrogen-bond donors (Lipinski definition) is 1. The molecule has 0 bridgehead atoms. The number of hydrogen-bond acceptors (Lipinski definition) is 9. The van der Waals surface area contributed by atoms with Crippen LogP contribution in [0.3, 0.4) is 0 Å². The van der Waals surface area contributed by atoms with Crippen LogP contribution < -0.4 is 15.0 Å². The standard InChI is InChI=1S/C31H40N4O7S/c1-9-19(2)40-22-13-10-20(11-14-22)17-35-24-16-21(26-33-34-28(41-26)30(3,4)5)12-15-25(24)43(38,39)18-23(27(35)36)32-29(37)42-31(6,7)8/h10-16,19,23H,9,17-18H2,1-8H3,(H,32,37)/t19?,23-/m0/s1. The summed E-state index contributed by atoms with van der Waals surface area (Å²) in [7, 11) is -4.03. The number of fused-ring (bicyclic) bond motifs is 1. The molecule has 1 aliphatic heterocycles. The Bertz CT molecular complexity index is 1590. The number of alkyl carbamates (subject to hydrolysis) is 1. The monoisotopic (exact) mass is 612 g/mol. The molecule has 4 rings (SSSR count). The number of nitrogens with zero attached hydrogens (tertiary/aromatic N) is 3. The molecule has 1 aromatic heterocycles. The third-order valence-corrected chi connectivity index (χ3v) is 8.50. The van der Waals surface area contributed by atoms with Crippen molar-refractivity contribution in [1.82, 2.24) is 15.5 Å². The molecule has 0 fully saturated rings. The Kier molecular flexibility index (Phi) is 8.92. The van der Waals surface area contributed by atoms with Gasteiger partial charge in [0.15, 0.2) is 9.84 Å². The van der Waals surface area contributed by atoms with E-state index in [1.54, 1.807) is 45.0 Å². The minimum atomic E-state index is -4.03. The van der Waals surface area contributed by atoms with E-state index in [1.165, 1.54) is 11.0 Å². The van der Waals surface area contributed by atoms with Crippen molar-refractivity contribution in [3.8, 4) is 17.2 Å². The summed E-state index contributed by atoms with van der Waals surface area (Å²) in [5.74, 6) is 0.0490. The van der Waals surface area contributed by atoms with Crippen molar-refractivity contribution < 1.29 is 31.9 Å². The number of aromatic nitrogens is 2. The topological polar surface area (TPSA) is 141 Å². The maximum absolute atomic E-state index is 14.1. The van der Waals surface area contributed by atoms with Crippen LogP contribution in [0.2, 0.25) is 0 Å². The lowest BCUT2D eigenvalue weighted by Crippen LogP contribution is -2.51. The predicted octanol–water partition coefficient (Wildman–Crippen LogP) is 5.43. The highest BCUT2D eigenvalue weighted by atomic mass is 32.2. The number of benzene rings is 2. The van der Waals surface area contributed by atoms with E-state index in [9.17, 15) is 18.0 Å². The number of carbonyl (C=O) groups is 2. The second kappa shape index (κ2) is 12.0. The Hall–Kier alpha value is -3.93. The van der Waals surface area contributed by atoms with Gasteiger partial charge in [-0.1, -0.05) is 39.8 Å². The highest BCUT2D eigenvalue weighted by Gasteiger charge is 2.40. The van der Waals surface area contributed by atoms with Crippen LogP contribution in [-0.2, 0) is 31.3 Å². The first-order valence-corrected chi connectivity index (χ1v) is 15.9. The molecule has 1 aliphatic rings. The maximum atomic E-state index is 14.1. The van der Waals surface area contributed by atoms with Crippen LogP contribution in [0, 0.1) is 0 Å². The summed E-state index contributed by atoms with van der Waals surface area (Å²) < 4.78 is 44.4. The van der Waals surface area contributed by atoms with Crippen LogP contribution in [0.15, 0.2) is 51.8 Å². The molecule has 0 saturated carbocycles. The lowest BCUT2D eigenvalue weighted by molar-refractivity contribution is -0.120. The van der Waals surface area contributed by atoms with E-state index in [0.29, 0.717) is 17.2 Å². The molecule has 43 heavy (non-hydrogen) atoms. The van der Waals surface area contributed by atoms with Gasteiger partial charge < -0.3 is 24.1 Å². The van der Waals surface area contributed by atoms with Gasteiger partial charge in [0.05, 0.1) is 29.0 Å². The van der Waals surface area contributed by atoms with E-state index in [0.717, 1.165) is 12.0 Å². The van der Waals surface area contributed by atoms with Gasteiger partial charge in [-0.3, -0.25) is 4.79 Å². The van der Waals surface area contributed by atoms with Crippen molar-refractivity contribution in [2.45, 2.75) is 96.4 Å². The summed E-state index contributed by atoms with van der Waals surface area (Å²) >= 11 is 0. The molecule has 2 aromatic carbocycles. The maximum Gasteiger partial charge on any atom is 0.408 e.